The van der Waals surface area contributed by atoms with Gasteiger partial charge in [-0.1, -0.05) is 18.2 Å². The molecule has 1 aliphatic rings. The first kappa shape index (κ1) is 18.7. The van der Waals surface area contributed by atoms with Crippen molar-refractivity contribution in [1.29, 1.82) is 0 Å². The van der Waals surface area contributed by atoms with Gasteiger partial charge in [-0.15, -0.1) is 0 Å². The van der Waals surface area contributed by atoms with E-state index in [1.54, 1.807) is 29.2 Å². The van der Waals surface area contributed by atoms with E-state index in [1.165, 1.54) is 0 Å². The minimum absolute atomic E-state index is 0.0962. The maximum atomic E-state index is 12.5. The maximum absolute atomic E-state index is 12.5. The van der Waals surface area contributed by atoms with Gasteiger partial charge in [0.15, 0.2) is 0 Å². The fourth-order valence-electron chi connectivity index (χ4n) is 3.07. The van der Waals surface area contributed by atoms with Gasteiger partial charge < -0.3 is 19.9 Å². The van der Waals surface area contributed by atoms with Crippen LogP contribution < -0.4 is 10.1 Å². The fourth-order valence-corrected chi connectivity index (χ4v) is 3.07. The molecule has 0 atom stereocenters. The summed E-state index contributed by atoms with van der Waals surface area (Å²) in [6.07, 6.45) is 3.33. The Hall–Kier alpha value is -3.09. The van der Waals surface area contributed by atoms with Crippen molar-refractivity contribution in [2.24, 2.45) is 0 Å². The Labute approximate surface area is 158 Å². The van der Waals surface area contributed by atoms with Gasteiger partial charge in [0.25, 0.3) is 5.91 Å². The summed E-state index contributed by atoms with van der Waals surface area (Å²) in [6.45, 7) is 2.95. The second-order valence-corrected chi connectivity index (χ2v) is 6.35. The standard InChI is InChI=1S/C20H24N4O3/c1-27-19-5-3-2-4-16(19)8-9-21-17-6-7-18(22-14-17)20(26)24-12-10-23(15-25)11-13-24/h2-7,14-15,21H,8-13H2,1H3. The molecule has 2 aromatic rings. The summed E-state index contributed by atoms with van der Waals surface area (Å²) in [5, 5.41) is 3.32. The lowest BCUT2D eigenvalue weighted by Gasteiger charge is -2.32. The van der Waals surface area contributed by atoms with Gasteiger partial charge in [-0.05, 0) is 30.2 Å². The molecule has 1 N–H and O–H groups in total. The number of carbonyl (C=O) groups excluding carboxylic acids is 2. The van der Waals surface area contributed by atoms with Crippen LogP contribution in [0.25, 0.3) is 0 Å². The first-order valence-electron chi connectivity index (χ1n) is 9.01. The molecule has 27 heavy (non-hydrogen) atoms. The smallest absolute Gasteiger partial charge is 0.272 e. The third kappa shape index (κ3) is 4.75. The molecule has 0 spiro atoms. The lowest BCUT2D eigenvalue weighted by Crippen LogP contribution is -2.48. The average molecular weight is 368 g/mol. The molecule has 0 bridgehead atoms. The number of aromatic nitrogens is 1. The van der Waals surface area contributed by atoms with Gasteiger partial charge in [-0.2, -0.15) is 0 Å². The first-order valence-corrected chi connectivity index (χ1v) is 9.01. The van der Waals surface area contributed by atoms with Gasteiger partial charge in [0.2, 0.25) is 6.41 Å². The van der Waals surface area contributed by atoms with Gasteiger partial charge in [-0.25, -0.2) is 4.98 Å². The topological polar surface area (TPSA) is 74.8 Å². The summed E-state index contributed by atoms with van der Waals surface area (Å²) in [5.41, 5.74) is 2.43. The van der Waals surface area contributed by atoms with Crippen LogP contribution in [0.1, 0.15) is 16.1 Å². The molecule has 0 radical (unpaired) electrons. The molecule has 1 aromatic heterocycles. The number of nitrogens with zero attached hydrogens (tertiary/aromatic N) is 3. The van der Waals surface area contributed by atoms with E-state index in [0.29, 0.717) is 31.9 Å². The van der Waals surface area contributed by atoms with Gasteiger partial charge in [0.1, 0.15) is 11.4 Å². The Morgan fingerprint density at radius 1 is 1.19 bits per heavy atom. The molecule has 0 saturated carbocycles. The van der Waals surface area contributed by atoms with Gasteiger partial charge in [0, 0.05) is 32.7 Å². The number of nitrogens with one attached hydrogen (secondary N) is 1. The lowest BCUT2D eigenvalue weighted by molar-refractivity contribution is -0.119. The van der Waals surface area contributed by atoms with E-state index in [9.17, 15) is 9.59 Å². The highest BCUT2D eigenvalue weighted by molar-refractivity contribution is 5.92. The zero-order chi connectivity index (χ0) is 19.1. The number of methoxy groups -OCH3 is 1. The van der Waals surface area contributed by atoms with Crippen molar-refractivity contribution in [1.82, 2.24) is 14.8 Å². The highest BCUT2D eigenvalue weighted by Gasteiger charge is 2.22. The van der Waals surface area contributed by atoms with Crippen LogP contribution in [0.5, 0.6) is 5.75 Å². The van der Waals surface area contributed by atoms with Crippen LogP contribution in [0.4, 0.5) is 5.69 Å². The van der Waals surface area contributed by atoms with Crippen LogP contribution in [-0.4, -0.2) is 66.9 Å². The maximum Gasteiger partial charge on any atom is 0.272 e. The Morgan fingerprint density at radius 2 is 1.96 bits per heavy atom. The number of piperazine rings is 1. The number of amides is 2. The van der Waals surface area contributed by atoms with Crippen LogP contribution in [0.15, 0.2) is 42.6 Å². The summed E-state index contributed by atoms with van der Waals surface area (Å²) in [4.78, 5) is 30.9. The van der Waals surface area contributed by atoms with E-state index >= 15 is 0 Å². The third-order valence-corrected chi connectivity index (χ3v) is 4.65. The molecule has 3 rings (SSSR count). The van der Waals surface area contributed by atoms with Gasteiger partial charge in [-0.3, -0.25) is 9.59 Å². The van der Waals surface area contributed by atoms with Crippen molar-refractivity contribution >= 4 is 18.0 Å². The van der Waals surface area contributed by atoms with E-state index in [1.807, 2.05) is 30.3 Å². The Morgan fingerprint density at radius 3 is 2.63 bits per heavy atom. The minimum Gasteiger partial charge on any atom is -0.496 e. The number of ether oxygens (including phenoxy) is 1. The summed E-state index contributed by atoms with van der Waals surface area (Å²) in [5.74, 6) is 0.786. The van der Waals surface area contributed by atoms with Crippen LogP contribution >= 0.6 is 0 Å². The van der Waals surface area contributed by atoms with E-state index in [-0.39, 0.29) is 5.91 Å². The van der Waals surface area contributed by atoms with E-state index in [2.05, 4.69) is 10.3 Å². The Balaban J connectivity index is 1.51. The van der Waals surface area contributed by atoms with E-state index in [4.69, 9.17) is 4.74 Å². The number of pyridine rings is 1. The zero-order valence-electron chi connectivity index (χ0n) is 15.4. The van der Waals surface area contributed by atoms with E-state index in [0.717, 1.165) is 36.4 Å². The molecule has 142 valence electrons. The fraction of sp³-hybridized carbons (Fsp3) is 0.350. The first-order chi connectivity index (χ1) is 13.2. The van der Waals surface area contributed by atoms with Crippen molar-refractivity contribution in [2.45, 2.75) is 6.42 Å². The highest BCUT2D eigenvalue weighted by Crippen LogP contribution is 2.18. The van der Waals surface area contributed by atoms with Crippen molar-refractivity contribution < 1.29 is 14.3 Å². The molecule has 1 fully saturated rings. The third-order valence-electron chi connectivity index (χ3n) is 4.65. The largest absolute Gasteiger partial charge is 0.496 e. The second-order valence-electron chi connectivity index (χ2n) is 6.35. The number of benzene rings is 1. The van der Waals surface area contributed by atoms with Crippen LogP contribution in [0, 0.1) is 0 Å². The highest BCUT2D eigenvalue weighted by atomic mass is 16.5. The summed E-state index contributed by atoms with van der Waals surface area (Å²) in [6, 6.07) is 11.5. The monoisotopic (exact) mass is 368 g/mol. The van der Waals surface area contributed by atoms with Crippen LogP contribution in [0.2, 0.25) is 0 Å². The Kier molecular flexibility index (Phi) is 6.25. The van der Waals surface area contributed by atoms with Gasteiger partial charge >= 0.3 is 0 Å². The molecule has 1 aliphatic heterocycles. The number of para-hydroxylation sites is 1. The van der Waals surface area contributed by atoms with Crippen LogP contribution in [0.3, 0.4) is 0 Å². The summed E-state index contributed by atoms with van der Waals surface area (Å²) < 4.78 is 5.36. The molecule has 7 nitrogen and oxygen atoms in total. The molecule has 7 heteroatoms. The number of rotatable bonds is 7. The number of anilines is 1. The second kappa shape index (κ2) is 9.02. The average Bonchev–Trinajstić information content (AvgIpc) is 2.74. The van der Waals surface area contributed by atoms with Crippen molar-refractivity contribution in [3.8, 4) is 5.75 Å². The molecule has 1 saturated heterocycles. The van der Waals surface area contributed by atoms with Crippen molar-refractivity contribution in [3.05, 3.63) is 53.9 Å². The number of carbonyl (C=O) groups is 2. The normalized spacial score (nSPS) is 14.0. The summed E-state index contributed by atoms with van der Waals surface area (Å²) in [7, 11) is 1.67. The molecule has 1 aromatic carbocycles. The molecule has 2 heterocycles. The molecular weight excluding hydrogens is 344 g/mol. The predicted octanol–water partition coefficient (Wildman–Crippen LogP) is 1.66. The van der Waals surface area contributed by atoms with Crippen molar-refractivity contribution in [3.63, 3.8) is 0 Å². The van der Waals surface area contributed by atoms with Gasteiger partial charge in [0.05, 0.1) is 19.0 Å². The van der Waals surface area contributed by atoms with Crippen molar-refractivity contribution in [2.75, 3.05) is 45.2 Å². The Bertz CT molecular complexity index is 771. The van der Waals surface area contributed by atoms with E-state index < -0.39 is 0 Å². The SMILES string of the molecule is COc1ccccc1CCNc1ccc(C(=O)N2CCN(C=O)CC2)nc1. The quantitative estimate of drug-likeness (QED) is 0.753. The molecule has 2 amide bonds. The van der Waals surface area contributed by atoms with Crippen LogP contribution in [-0.2, 0) is 11.2 Å². The lowest BCUT2D eigenvalue weighted by atomic mass is 10.1. The molecule has 0 unspecified atom stereocenters. The number of hydrogen-bond donors (Lipinski definition) is 1. The molecule has 0 aliphatic carbocycles. The summed E-state index contributed by atoms with van der Waals surface area (Å²) >= 11 is 0. The molecular formula is C20H24N4O3. The number of hydrogen-bond acceptors (Lipinski definition) is 5. The predicted molar refractivity (Wildman–Crippen MR) is 103 cm³/mol. The minimum atomic E-state index is -0.0962. The zero-order valence-corrected chi connectivity index (χ0v) is 15.4.